The summed E-state index contributed by atoms with van der Waals surface area (Å²) in [4.78, 5) is 20.9. The van der Waals surface area contributed by atoms with E-state index >= 15 is 0 Å². The molecule has 2 aliphatic rings. The number of nitrogens with one attached hydrogen (secondary N) is 1. The Hall–Kier alpha value is -2.25. The number of pyridine rings is 1. The van der Waals surface area contributed by atoms with Crippen LogP contribution in [0, 0.1) is 0 Å². The standard InChI is InChI=1S/C18H21N3O4/c22-18(16-17(12-4-5-12)25-11-20-16)21-14-10-23-8-6-15(14)24-9-13-3-1-2-7-19-13/h1-3,7,11-12,14-15H,4-6,8-10H2,(H,21,22)/t14-,15-/m1/s1. The molecule has 3 heterocycles. The van der Waals surface area contributed by atoms with Crippen LogP contribution >= 0.6 is 0 Å². The first-order valence-electron chi connectivity index (χ1n) is 8.65. The van der Waals surface area contributed by atoms with Crippen LogP contribution in [0.25, 0.3) is 0 Å². The fraction of sp³-hybridized carbons (Fsp3) is 0.500. The van der Waals surface area contributed by atoms with Crippen LogP contribution < -0.4 is 5.32 Å². The molecule has 4 rings (SSSR count). The zero-order valence-corrected chi connectivity index (χ0v) is 13.9. The molecule has 132 valence electrons. The third-order valence-corrected chi connectivity index (χ3v) is 4.54. The van der Waals surface area contributed by atoms with Crippen LogP contribution in [-0.4, -0.2) is 41.2 Å². The lowest BCUT2D eigenvalue weighted by Gasteiger charge is -2.31. The van der Waals surface area contributed by atoms with Gasteiger partial charge in [-0.2, -0.15) is 0 Å². The molecule has 7 heteroatoms. The summed E-state index contributed by atoms with van der Waals surface area (Å²) in [6, 6.07) is 5.51. The summed E-state index contributed by atoms with van der Waals surface area (Å²) in [6.07, 6.45) is 5.80. The van der Waals surface area contributed by atoms with Crippen molar-refractivity contribution in [2.45, 2.75) is 43.9 Å². The van der Waals surface area contributed by atoms with Crippen molar-refractivity contribution < 1.29 is 18.7 Å². The van der Waals surface area contributed by atoms with Crippen molar-refractivity contribution >= 4 is 5.91 Å². The molecule has 2 aromatic rings. The molecule has 2 fully saturated rings. The summed E-state index contributed by atoms with van der Waals surface area (Å²) >= 11 is 0. The minimum atomic E-state index is -0.224. The molecular formula is C18H21N3O4. The van der Waals surface area contributed by atoms with E-state index in [2.05, 4.69) is 15.3 Å². The molecule has 0 unspecified atom stereocenters. The summed E-state index contributed by atoms with van der Waals surface area (Å²) in [6.45, 7) is 1.46. The van der Waals surface area contributed by atoms with E-state index in [1.807, 2.05) is 18.2 Å². The van der Waals surface area contributed by atoms with E-state index < -0.39 is 0 Å². The maximum atomic E-state index is 12.6. The fourth-order valence-electron chi connectivity index (χ4n) is 3.03. The summed E-state index contributed by atoms with van der Waals surface area (Å²) in [5.74, 6) is 0.805. The molecule has 7 nitrogen and oxygen atoms in total. The number of carbonyl (C=O) groups is 1. The molecule has 25 heavy (non-hydrogen) atoms. The van der Waals surface area contributed by atoms with Crippen molar-refractivity contribution in [3.8, 4) is 0 Å². The molecule has 0 aromatic carbocycles. The zero-order valence-electron chi connectivity index (χ0n) is 13.9. The fourth-order valence-corrected chi connectivity index (χ4v) is 3.03. The van der Waals surface area contributed by atoms with Crippen LogP contribution in [0.4, 0.5) is 0 Å². The minimum Gasteiger partial charge on any atom is -0.447 e. The van der Waals surface area contributed by atoms with Gasteiger partial charge < -0.3 is 19.2 Å². The van der Waals surface area contributed by atoms with Crippen molar-refractivity contribution in [1.29, 1.82) is 0 Å². The Morgan fingerprint density at radius 3 is 3.00 bits per heavy atom. The second kappa shape index (κ2) is 7.33. The first kappa shape index (κ1) is 16.2. The van der Waals surface area contributed by atoms with Gasteiger partial charge in [-0.15, -0.1) is 0 Å². The van der Waals surface area contributed by atoms with Crippen molar-refractivity contribution in [2.75, 3.05) is 13.2 Å². The first-order valence-corrected chi connectivity index (χ1v) is 8.65. The van der Waals surface area contributed by atoms with Gasteiger partial charge in [0, 0.05) is 18.7 Å². The molecule has 1 aliphatic carbocycles. The highest BCUT2D eigenvalue weighted by molar-refractivity contribution is 5.93. The highest BCUT2D eigenvalue weighted by Gasteiger charge is 2.34. The van der Waals surface area contributed by atoms with Crippen molar-refractivity contribution in [3.05, 3.63) is 47.9 Å². The van der Waals surface area contributed by atoms with Crippen LogP contribution in [0.15, 0.2) is 35.2 Å². The van der Waals surface area contributed by atoms with Crippen molar-refractivity contribution in [3.63, 3.8) is 0 Å². The van der Waals surface area contributed by atoms with Gasteiger partial charge in [0.25, 0.3) is 5.91 Å². The highest BCUT2D eigenvalue weighted by atomic mass is 16.5. The molecule has 1 saturated heterocycles. The lowest BCUT2D eigenvalue weighted by atomic mass is 10.1. The van der Waals surface area contributed by atoms with Crippen LogP contribution in [0.3, 0.4) is 0 Å². The Morgan fingerprint density at radius 2 is 2.20 bits per heavy atom. The van der Waals surface area contributed by atoms with E-state index in [9.17, 15) is 4.79 Å². The van der Waals surface area contributed by atoms with E-state index in [1.165, 1.54) is 6.39 Å². The number of carbonyl (C=O) groups excluding carboxylic acids is 1. The maximum absolute atomic E-state index is 12.6. The van der Waals surface area contributed by atoms with Gasteiger partial charge in [-0.1, -0.05) is 6.07 Å². The Morgan fingerprint density at radius 1 is 1.28 bits per heavy atom. The van der Waals surface area contributed by atoms with Gasteiger partial charge in [0.2, 0.25) is 0 Å². The van der Waals surface area contributed by atoms with E-state index in [1.54, 1.807) is 6.20 Å². The molecule has 2 aromatic heterocycles. The molecule has 0 spiro atoms. The SMILES string of the molecule is O=C(N[C@@H]1COCC[C@H]1OCc1ccccn1)c1ncoc1C1CC1. The average molecular weight is 343 g/mol. The van der Waals surface area contributed by atoms with Gasteiger partial charge in [0.15, 0.2) is 12.1 Å². The normalized spacial score (nSPS) is 23.4. The molecule has 0 radical (unpaired) electrons. The predicted molar refractivity (Wildman–Crippen MR) is 88.0 cm³/mol. The number of amides is 1. The number of rotatable bonds is 6. The minimum absolute atomic E-state index is 0.115. The molecule has 1 amide bonds. The van der Waals surface area contributed by atoms with E-state index in [0.717, 1.165) is 25.0 Å². The number of aromatic nitrogens is 2. The lowest BCUT2D eigenvalue weighted by Crippen LogP contribution is -2.50. The number of nitrogens with zero attached hydrogens (tertiary/aromatic N) is 2. The molecule has 1 saturated carbocycles. The van der Waals surface area contributed by atoms with E-state index in [0.29, 0.717) is 37.2 Å². The summed E-state index contributed by atoms with van der Waals surface area (Å²) in [7, 11) is 0. The molecule has 0 bridgehead atoms. The highest BCUT2D eigenvalue weighted by Crippen LogP contribution is 2.41. The van der Waals surface area contributed by atoms with E-state index in [-0.39, 0.29) is 18.1 Å². The third kappa shape index (κ3) is 3.88. The third-order valence-electron chi connectivity index (χ3n) is 4.54. The Balaban J connectivity index is 1.38. The summed E-state index contributed by atoms with van der Waals surface area (Å²) in [5, 5.41) is 3.00. The summed E-state index contributed by atoms with van der Waals surface area (Å²) < 4.78 is 16.9. The molecule has 1 N–H and O–H groups in total. The average Bonchev–Trinajstić information content (AvgIpc) is 3.38. The number of hydrogen-bond acceptors (Lipinski definition) is 6. The smallest absolute Gasteiger partial charge is 0.273 e. The van der Waals surface area contributed by atoms with Gasteiger partial charge in [-0.05, 0) is 31.4 Å². The second-order valence-electron chi connectivity index (χ2n) is 6.45. The van der Waals surface area contributed by atoms with Gasteiger partial charge >= 0.3 is 0 Å². The Labute approximate surface area is 145 Å². The monoisotopic (exact) mass is 343 g/mol. The number of hydrogen-bond donors (Lipinski definition) is 1. The van der Waals surface area contributed by atoms with Gasteiger partial charge in [-0.25, -0.2) is 4.98 Å². The van der Waals surface area contributed by atoms with Gasteiger partial charge in [-0.3, -0.25) is 9.78 Å². The molecule has 1 aliphatic heterocycles. The Bertz CT molecular complexity index is 714. The zero-order chi connectivity index (χ0) is 17.1. The van der Waals surface area contributed by atoms with Crippen LogP contribution in [0.2, 0.25) is 0 Å². The largest absolute Gasteiger partial charge is 0.447 e. The van der Waals surface area contributed by atoms with Gasteiger partial charge in [0.05, 0.1) is 31.1 Å². The molecule has 2 atom stereocenters. The second-order valence-corrected chi connectivity index (χ2v) is 6.45. The quantitative estimate of drug-likeness (QED) is 0.864. The van der Waals surface area contributed by atoms with Crippen molar-refractivity contribution in [1.82, 2.24) is 15.3 Å². The van der Waals surface area contributed by atoms with Crippen LogP contribution in [0.5, 0.6) is 0 Å². The van der Waals surface area contributed by atoms with Crippen molar-refractivity contribution in [2.24, 2.45) is 0 Å². The van der Waals surface area contributed by atoms with Crippen LogP contribution in [-0.2, 0) is 16.1 Å². The predicted octanol–water partition coefficient (Wildman–Crippen LogP) is 2.05. The lowest BCUT2D eigenvalue weighted by molar-refractivity contribution is -0.0613. The number of oxazole rings is 1. The molecular weight excluding hydrogens is 322 g/mol. The van der Waals surface area contributed by atoms with Crippen LogP contribution in [0.1, 0.15) is 47.1 Å². The maximum Gasteiger partial charge on any atom is 0.273 e. The van der Waals surface area contributed by atoms with E-state index in [4.69, 9.17) is 13.9 Å². The summed E-state index contributed by atoms with van der Waals surface area (Å²) in [5.41, 5.74) is 1.25. The first-order chi connectivity index (χ1) is 12.3. The number of ether oxygens (including phenoxy) is 2. The van der Waals surface area contributed by atoms with Gasteiger partial charge in [0.1, 0.15) is 5.76 Å². The topological polar surface area (TPSA) is 86.5 Å². The Kier molecular flexibility index (Phi) is 4.76.